The number of para-hydroxylation sites is 1. The monoisotopic (exact) mass is 448 g/mol. The fraction of sp³-hybridized carbons (Fsp3) is 0.462. The number of benzene rings is 2. The van der Waals surface area contributed by atoms with Crippen molar-refractivity contribution in [3.05, 3.63) is 53.6 Å². The summed E-state index contributed by atoms with van der Waals surface area (Å²) >= 11 is 0. The smallest absolute Gasteiger partial charge is 0.254 e. The SMILES string of the molecule is COc1ccc(C(=O)N2CC[C@]3(C2)NCc2ccccc2NC3=NC2CCCC2)cc1OC. The van der Waals surface area contributed by atoms with Crippen molar-refractivity contribution < 1.29 is 14.3 Å². The van der Waals surface area contributed by atoms with Crippen LogP contribution in [0.4, 0.5) is 5.69 Å². The highest BCUT2D eigenvalue weighted by Crippen LogP contribution is 2.33. The van der Waals surface area contributed by atoms with Gasteiger partial charge < -0.3 is 19.7 Å². The summed E-state index contributed by atoms with van der Waals surface area (Å²) in [5.41, 5.74) is 2.54. The molecule has 0 unspecified atom stereocenters. The zero-order chi connectivity index (χ0) is 22.8. The minimum absolute atomic E-state index is 0.00314. The number of carbonyl (C=O) groups is 1. The van der Waals surface area contributed by atoms with E-state index in [4.69, 9.17) is 14.5 Å². The lowest BCUT2D eigenvalue weighted by Gasteiger charge is -2.31. The third-order valence-electron chi connectivity index (χ3n) is 7.16. The number of ether oxygens (including phenoxy) is 2. The maximum absolute atomic E-state index is 13.4. The molecule has 0 aromatic heterocycles. The van der Waals surface area contributed by atoms with Gasteiger partial charge in [-0.3, -0.25) is 15.1 Å². The van der Waals surface area contributed by atoms with Crippen LogP contribution in [0.25, 0.3) is 0 Å². The summed E-state index contributed by atoms with van der Waals surface area (Å²) in [5.74, 6) is 2.15. The van der Waals surface area contributed by atoms with E-state index in [1.54, 1.807) is 32.4 Å². The molecule has 7 nitrogen and oxygen atoms in total. The van der Waals surface area contributed by atoms with E-state index in [0.29, 0.717) is 36.2 Å². The van der Waals surface area contributed by atoms with E-state index in [-0.39, 0.29) is 11.4 Å². The van der Waals surface area contributed by atoms with Crippen LogP contribution in [-0.4, -0.2) is 55.5 Å². The van der Waals surface area contributed by atoms with Crippen molar-refractivity contribution in [2.24, 2.45) is 4.99 Å². The molecule has 1 saturated carbocycles. The zero-order valence-corrected chi connectivity index (χ0v) is 19.4. The van der Waals surface area contributed by atoms with Gasteiger partial charge in [-0.15, -0.1) is 0 Å². The zero-order valence-electron chi connectivity index (χ0n) is 19.4. The second-order valence-corrected chi connectivity index (χ2v) is 9.18. The number of carbonyl (C=O) groups excluding carboxylic acids is 1. The van der Waals surface area contributed by atoms with Crippen LogP contribution in [0, 0.1) is 0 Å². The summed E-state index contributed by atoms with van der Waals surface area (Å²) in [6.07, 6.45) is 5.57. The van der Waals surface area contributed by atoms with E-state index >= 15 is 0 Å². The van der Waals surface area contributed by atoms with Gasteiger partial charge in [0.1, 0.15) is 5.84 Å². The number of anilines is 1. The molecule has 0 bridgehead atoms. The maximum Gasteiger partial charge on any atom is 0.254 e. The molecule has 2 aromatic rings. The number of amides is 1. The molecule has 2 aliphatic heterocycles. The second-order valence-electron chi connectivity index (χ2n) is 9.18. The molecule has 1 saturated heterocycles. The summed E-state index contributed by atoms with van der Waals surface area (Å²) in [4.78, 5) is 20.6. The predicted molar refractivity (Wildman–Crippen MR) is 129 cm³/mol. The molecule has 2 N–H and O–H groups in total. The summed E-state index contributed by atoms with van der Waals surface area (Å²) in [6, 6.07) is 14.1. The van der Waals surface area contributed by atoms with Crippen LogP contribution in [-0.2, 0) is 6.54 Å². The Morgan fingerprint density at radius 2 is 1.88 bits per heavy atom. The molecule has 7 heteroatoms. The van der Waals surface area contributed by atoms with Crippen LogP contribution >= 0.6 is 0 Å². The number of hydrogen-bond donors (Lipinski definition) is 2. The normalized spacial score (nSPS) is 23.9. The van der Waals surface area contributed by atoms with Gasteiger partial charge in [0.05, 0.1) is 25.8 Å². The molecule has 1 atom stereocenters. The van der Waals surface area contributed by atoms with Gasteiger partial charge in [-0.1, -0.05) is 31.0 Å². The predicted octanol–water partition coefficient (Wildman–Crippen LogP) is 3.84. The molecule has 1 spiro atoms. The van der Waals surface area contributed by atoms with Crippen LogP contribution in [0.1, 0.15) is 48.0 Å². The highest BCUT2D eigenvalue weighted by atomic mass is 16.5. The molecule has 174 valence electrons. The first-order valence-electron chi connectivity index (χ1n) is 11.8. The third kappa shape index (κ3) is 4.17. The van der Waals surface area contributed by atoms with Gasteiger partial charge in [0.15, 0.2) is 11.5 Å². The van der Waals surface area contributed by atoms with Gasteiger partial charge in [0.2, 0.25) is 0 Å². The quantitative estimate of drug-likeness (QED) is 0.743. The van der Waals surface area contributed by atoms with Crippen LogP contribution in [0.5, 0.6) is 11.5 Å². The van der Waals surface area contributed by atoms with Gasteiger partial charge in [-0.05, 0) is 49.1 Å². The number of aliphatic imine (C=N–C) groups is 1. The molecule has 1 amide bonds. The van der Waals surface area contributed by atoms with Crippen molar-refractivity contribution in [2.45, 2.75) is 50.2 Å². The van der Waals surface area contributed by atoms with Crippen LogP contribution in [0.2, 0.25) is 0 Å². The van der Waals surface area contributed by atoms with E-state index in [1.165, 1.54) is 18.4 Å². The van der Waals surface area contributed by atoms with Crippen molar-refractivity contribution in [3.63, 3.8) is 0 Å². The van der Waals surface area contributed by atoms with Crippen LogP contribution in [0.15, 0.2) is 47.5 Å². The highest BCUT2D eigenvalue weighted by molar-refractivity contribution is 6.05. The van der Waals surface area contributed by atoms with Crippen molar-refractivity contribution in [2.75, 3.05) is 32.6 Å². The summed E-state index contributed by atoms with van der Waals surface area (Å²) in [6.45, 7) is 1.99. The van der Waals surface area contributed by atoms with Gasteiger partial charge >= 0.3 is 0 Å². The van der Waals surface area contributed by atoms with E-state index in [0.717, 1.165) is 37.3 Å². The Labute approximate surface area is 195 Å². The fourth-order valence-corrected chi connectivity index (χ4v) is 5.24. The minimum atomic E-state index is -0.381. The fourth-order valence-electron chi connectivity index (χ4n) is 5.24. The summed E-state index contributed by atoms with van der Waals surface area (Å²) in [5, 5.41) is 7.45. The Kier molecular flexibility index (Phi) is 5.98. The third-order valence-corrected chi connectivity index (χ3v) is 7.16. The Hall–Kier alpha value is -3.06. The lowest BCUT2D eigenvalue weighted by molar-refractivity contribution is 0.0785. The molecular weight excluding hydrogens is 416 g/mol. The summed E-state index contributed by atoms with van der Waals surface area (Å²) in [7, 11) is 3.18. The average Bonchev–Trinajstić information content (AvgIpc) is 3.49. The lowest BCUT2D eigenvalue weighted by atomic mass is 9.96. The molecule has 2 heterocycles. The van der Waals surface area contributed by atoms with Crippen LogP contribution < -0.4 is 20.1 Å². The first kappa shape index (κ1) is 21.8. The summed E-state index contributed by atoms with van der Waals surface area (Å²) < 4.78 is 10.7. The van der Waals surface area contributed by atoms with Crippen molar-refractivity contribution in [1.29, 1.82) is 0 Å². The van der Waals surface area contributed by atoms with Crippen molar-refractivity contribution in [3.8, 4) is 11.5 Å². The largest absolute Gasteiger partial charge is 0.493 e. The maximum atomic E-state index is 13.4. The van der Waals surface area contributed by atoms with E-state index in [2.05, 4.69) is 34.9 Å². The number of rotatable bonds is 4. The van der Waals surface area contributed by atoms with E-state index < -0.39 is 0 Å². The van der Waals surface area contributed by atoms with Gasteiger partial charge in [0.25, 0.3) is 5.91 Å². The van der Waals surface area contributed by atoms with Gasteiger partial charge in [-0.25, -0.2) is 0 Å². The van der Waals surface area contributed by atoms with Crippen molar-refractivity contribution >= 4 is 17.4 Å². The van der Waals surface area contributed by atoms with Gasteiger partial charge in [0, 0.05) is 30.9 Å². The second kappa shape index (κ2) is 9.06. The molecule has 2 aromatic carbocycles. The molecule has 1 aliphatic carbocycles. The Balaban J connectivity index is 1.43. The molecular formula is C26H32N4O3. The Morgan fingerprint density at radius 3 is 2.67 bits per heavy atom. The van der Waals surface area contributed by atoms with Crippen molar-refractivity contribution in [1.82, 2.24) is 10.2 Å². The topological polar surface area (TPSA) is 75.2 Å². The number of nitrogens with one attached hydrogen (secondary N) is 2. The minimum Gasteiger partial charge on any atom is -0.493 e. The highest BCUT2D eigenvalue weighted by Gasteiger charge is 2.46. The van der Waals surface area contributed by atoms with E-state index in [9.17, 15) is 4.79 Å². The van der Waals surface area contributed by atoms with Gasteiger partial charge in [-0.2, -0.15) is 0 Å². The molecule has 3 aliphatic rings. The number of hydrogen-bond acceptors (Lipinski definition) is 5. The van der Waals surface area contributed by atoms with E-state index in [1.807, 2.05) is 4.90 Å². The standard InChI is InChI=1S/C26H32N4O3/c1-32-22-12-11-18(15-23(22)33-2)24(31)30-14-13-26(17-30)25(28-20-8-4-5-9-20)29-21-10-6-3-7-19(21)16-27-26/h3,6-7,10-12,15,20,27H,4-5,8-9,13-14,16-17H2,1-2H3,(H,28,29)/t26-/m1/s1. The average molecular weight is 449 g/mol. The molecule has 0 radical (unpaired) electrons. The molecule has 2 fully saturated rings. The first-order chi connectivity index (χ1) is 16.1. The van der Waals surface area contributed by atoms with Crippen LogP contribution in [0.3, 0.4) is 0 Å². The number of methoxy groups -OCH3 is 2. The number of nitrogens with zero attached hydrogens (tertiary/aromatic N) is 2. The first-order valence-corrected chi connectivity index (χ1v) is 11.8. The number of amidine groups is 1. The Bertz CT molecular complexity index is 1060. The molecule has 33 heavy (non-hydrogen) atoms. The molecule has 5 rings (SSSR count). The number of likely N-dealkylation sites (tertiary alicyclic amines) is 1. The number of fused-ring (bicyclic) bond motifs is 1. The Morgan fingerprint density at radius 1 is 1.09 bits per heavy atom. The lowest BCUT2D eigenvalue weighted by Crippen LogP contribution is -2.55.